The summed E-state index contributed by atoms with van der Waals surface area (Å²) < 4.78 is 24.9. The van der Waals surface area contributed by atoms with Crippen molar-refractivity contribution in [1.29, 1.82) is 0 Å². The molecular formula is C16H17NO7. The number of esters is 1. The zero-order valence-electron chi connectivity index (χ0n) is 13.5. The lowest BCUT2D eigenvalue weighted by Gasteiger charge is -2.10. The minimum atomic E-state index is -0.698. The molecule has 0 radical (unpaired) electrons. The molecule has 0 aliphatic heterocycles. The quantitative estimate of drug-likeness (QED) is 0.532. The minimum absolute atomic E-state index is 0.174. The van der Waals surface area contributed by atoms with Gasteiger partial charge in [0.25, 0.3) is 5.88 Å². The summed E-state index contributed by atoms with van der Waals surface area (Å²) in [6.07, 6.45) is 0. The molecule has 0 saturated heterocycles. The van der Waals surface area contributed by atoms with Gasteiger partial charge in [0.1, 0.15) is 17.3 Å². The van der Waals surface area contributed by atoms with Gasteiger partial charge in [-0.05, 0) is 24.2 Å². The number of Topliss-reactive ketones (excluding diaryl/α,β-unsaturated/α-hetero) is 1. The van der Waals surface area contributed by atoms with Gasteiger partial charge in [0, 0.05) is 12.1 Å². The molecule has 24 heavy (non-hydrogen) atoms. The van der Waals surface area contributed by atoms with Crippen LogP contribution in [0.15, 0.2) is 28.8 Å². The first kappa shape index (κ1) is 17.3. The molecule has 2 rings (SSSR count). The van der Waals surface area contributed by atoms with Crippen molar-refractivity contribution in [3.05, 3.63) is 35.6 Å². The van der Waals surface area contributed by atoms with Crippen LogP contribution in [-0.2, 0) is 9.53 Å². The van der Waals surface area contributed by atoms with Crippen molar-refractivity contribution in [2.45, 2.75) is 6.92 Å². The number of rotatable bonds is 8. The predicted octanol–water partition coefficient (Wildman–Crippen LogP) is 1.81. The standard InChI is InChI=1S/C16H17NO7/c1-10-6-15(17-24-10)22-9-16(19)23-8-13(18)12-5-4-11(20-2)7-14(12)21-3/h4-7H,8-9H2,1-3H3. The molecule has 2 aromatic rings. The van der Waals surface area contributed by atoms with Gasteiger partial charge in [-0.25, -0.2) is 4.79 Å². The van der Waals surface area contributed by atoms with Gasteiger partial charge in [-0.15, -0.1) is 0 Å². The Morgan fingerprint density at radius 1 is 1.12 bits per heavy atom. The van der Waals surface area contributed by atoms with Crippen molar-refractivity contribution in [2.75, 3.05) is 27.4 Å². The van der Waals surface area contributed by atoms with Gasteiger partial charge in [-0.2, -0.15) is 0 Å². The second kappa shape index (κ2) is 8.00. The molecule has 0 aliphatic rings. The highest BCUT2D eigenvalue weighted by Crippen LogP contribution is 2.24. The molecule has 0 saturated carbocycles. The molecule has 1 heterocycles. The number of hydrogen-bond acceptors (Lipinski definition) is 8. The average molecular weight is 335 g/mol. The van der Waals surface area contributed by atoms with Crippen molar-refractivity contribution in [3.63, 3.8) is 0 Å². The number of methoxy groups -OCH3 is 2. The lowest BCUT2D eigenvalue weighted by atomic mass is 10.1. The molecule has 0 fully saturated rings. The minimum Gasteiger partial charge on any atom is -0.497 e. The Hall–Kier alpha value is -3.03. The molecule has 0 atom stereocenters. The van der Waals surface area contributed by atoms with Crippen LogP contribution < -0.4 is 14.2 Å². The second-order valence-corrected chi connectivity index (χ2v) is 4.71. The number of aromatic nitrogens is 1. The zero-order chi connectivity index (χ0) is 17.5. The molecule has 0 bridgehead atoms. The molecule has 0 unspecified atom stereocenters. The number of benzene rings is 1. The molecule has 8 heteroatoms. The molecule has 8 nitrogen and oxygen atoms in total. The Kier molecular flexibility index (Phi) is 5.78. The van der Waals surface area contributed by atoms with Crippen molar-refractivity contribution in [1.82, 2.24) is 5.16 Å². The third-order valence-corrected chi connectivity index (χ3v) is 3.02. The molecule has 128 valence electrons. The summed E-state index contributed by atoms with van der Waals surface area (Å²) in [6, 6.07) is 6.27. The summed E-state index contributed by atoms with van der Waals surface area (Å²) >= 11 is 0. The normalized spacial score (nSPS) is 10.1. The SMILES string of the molecule is COc1ccc(C(=O)COC(=O)COc2cc(C)on2)c(OC)c1. The Labute approximate surface area is 138 Å². The third-order valence-electron chi connectivity index (χ3n) is 3.02. The van der Waals surface area contributed by atoms with E-state index in [2.05, 4.69) is 5.16 Å². The number of aryl methyl sites for hydroxylation is 1. The average Bonchev–Trinajstić information content (AvgIpc) is 3.02. The molecule has 0 spiro atoms. The van der Waals surface area contributed by atoms with Crippen LogP contribution in [0.1, 0.15) is 16.1 Å². The smallest absolute Gasteiger partial charge is 0.344 e. The van der Waals surface area contributed by atoms with E-state index in [1.54, 1.807) is 25.1 Å². The number of carbonyl (C=O) groups is 2. The van der Waals surface area contributed by atoms with Gasteiger partial charge >= 0.3 is 5.97 Å². The maximum absolute atomic E-state index is 12.1. The lowest BCUT2D eigenvalue weighted by molar-refractivity contribution is -0.144. The number of nitrogens with zero attached hydrogens (tertiary/aromatic N) is 1. The van der Waals surface area contributed by atoms with Crippen LogP contribution in [-0.4, -0.2) is 44.3 Å². The number of carbonyl (C=O) groups excluding carboxylic acids is 2. The predicted molar refractivity (Wildman–Crippen MR) is 81.6 cm³/mol. The van der Waals surface area contributed by atoms with E-state index in [0.29, 0.717) is 22.8 Å². The summed E-state index contributed by atoms with van der Waals surface area (Å²) in [6.45, 7) is 0.890. The van der Waals surface area contributed by atoms with Crippen LogP contribution >= 0.6 is 0 Å². The van der Waals surface area contributed by atoms with Crippen LogP contribution in [0.2, 0.25) is 0 Å². The van der Waals surface area contributed by atoms with Crippen molar-refractivity contribution in [2.24, 2.45) is 0 Å². The molecule has 1 aromatic heterocycles. The maximum Gasteiger partial charge on any atom is 0.344 e. The van der Waals surface area contributed by atoms with Crippen LogP contribution in [0.4, 0.5) is 0 Å². The van der Waals surface area contributed by atoms with Gasteiger partial charge in [0.15, 0.2) is 13.2 Å². The van der Waals surface area contributed by atoms with E-state index >= 15 is 0 Å². The second-order valence-electron chi connectivity index (χ2n) is 4.71. The van der Waals surface area contributed by atoms with E-state index in [0.717, 1.165) is 0 Å². The van der Waals surface area contributed by atoms with E-state index in [9.17, 15) is 9.59 Å². The van der Waals surface area contributed by atoms with E-state index in [-0.39, 0.29) is 12.5 Å². The first-order valence-electron chi connectivity index (χ1n) is 7.00. The fourth-order valence-corrected chi connectivity index (χ4v) is 1.84. The Balaban J connectivity index is 1.87. The van der Waals surface area contributed by atoms with Crippen molar-refractivity contribution < 1.29 is 33.1 Å². The lowest BCUT2D eigenvalue weighted by Crippen LogP contribution is -2.20. The fraction of sp³-hybridized carbons (Fsp3) is 0.312. The van der Waals surface area contributed by atoms with E-state index in [1.807, 2.05) is 0 Å². The molecule has 0 aliphatic carbocycles. The first-order valence-corrected chi connectivity index (χ1v) is 7.00. The fourth-order valence-electron chi connectivity index (χ4n) is 1.84. The summed E-state index contributed by atoms with van der Waals surface area (Å²) in [7, 11) is 2.94. The topological polar surface area (TPSA) is 97.1 Å². The Morgan fingerprint density at radius 2 is 1.92 bits per heavy atom. The molecular weight excluding hydrogens is 318 g/mol. The van der Waals surface area contributed by atoms with E-state index in [1.165, 1.54) is 20.3 Å². The largest absolute Gasteiger partial charge is 0.497 e. The van der Waals surface area contributed by atoms with Crippen LogP contribution in [0, 0.1) is 6.92 Å². The molecule has 0 N–H and O–H groups in total. The van der Waals surface area contributed by atoms with Gasteiger partial charge in [0.05, 0.1) is 19.8 Å². The van der Waals surface area contributed by atoms with E-state index in [4.69, 9.17) is 23.5 Å². The monoisotopic (exact) mass is 335 g/mol. The zero-order valence-corrected chi connectivity index (χ0v) is 13.5. The summed E-state index contributed by atoms with van der Waals surface area (Å²) in [5.74, 6) is 0.519. The molecule has 0 amide bonds. The maximum atomic E-state index is 12.1. The highest BCUT2D eigenvalue weighted by Gasteiger charge is 2.16. The van der Waals surface area contributed by atoms with Crippen LogP contribution in [0.5, 0.6) is 17.4 Å². The van der Waals surface area contributed by atoms with Gasteiger partial charge in [0.2, 0.25) is 5.78 Å². The van der Waals surface area contributed by atoms with Gasteiger partial charge in [-0.3, -0.25) is 4.79 Å². The van der Waals surface area contributed by atoms with Crippen LogP contribution in [0.3, 0.4) is 0 Å². The number of hydrogen-bond donors (Lipinski definition) is 0. The van der Waals surface area contributed by atoms with Crippen molar-refractivity contribution >= 4 is 11.8 Å². The summed E-state index contributed by atoms with van der Waals surface area (Å²) in [4.78, 5) is 23.7. The summed E-state index contributed by atoms with van der Waals surface area (Å²) in [5, 5.41) is 3.57. The van der Waals surface area contributed by atoms with Gasteiger partial charge in [-0.1, -0.05) is 0 Å². The third kappa shape index (κ3) is 4.48. The number of ketones is 1. The highest BCUT2D eigenvalue weighted by molar-refractivity contribution is 6.00. The molecule has 1 aromatic carbocycles. The first-order chi connectivity index (χ1) is 11.5. The Morgan fingerprint density at radius 3 is 2.54 bits per heavy atom. The van der Waals surface area contributed by atoms with E-state index < -0.39 is 18.4 Å². The highest BCUT2D eigenvalue weighted by atomic mass is 16.6. The van der Waals surface area contributed by atoms with Crippen molar-refractivity contribution in [3.8, 4) is 17.4 Å². The number of ether oxygens (including phenoxy) is 4. The van der Waals surface area contributed by atoms with Gasteiger partial charge < -0.3 is 23.5 Å². The summed E-state index contributed by atoms with van der Waals surface area (Å²) in [5.41, 5.74) is 0.291. The Bertz CT molecular complexity index is 723. The van der Waals surface area contributed by atoms with Crippen LogP contribution in [0.25, 0.3) is 0 Å².